The van der Waals surface area contributed by atoms with E-state index in [1.54, 1.807) is 25.2 Å². The van der Waals surface area contributed by atoms with Crippen molar-refractivity contribution < 1.29 is 4.42 Å². The van der Waals surface area contributed by atoms with E-state index in [4.69, 9.17) is 12.3 Å². The normalized spacial score (nSPS) is 10.8. The van der Waals surface area contributed by atoms with Crippen LogP contribution in [-0.2, 0) is 7.05 Å². The molecule has 2 rings (SSSR count). The molecule has 0 atom stereocenters. The summed E-state index contributed by atoms with van der Waals surface area (Å²) in [7, 11) is 7.24. The molecule has 58 valence electrons. The third kappa shape index (κ3) is 0.810. The van der Waals surface area contributed by atoms with E-state index in [2.05, 4.69) is 0 Å². The predicted molar refractivity (Wildman–Crippen MR) is 46.8 cm³/mol. The van der Waals surface area contributed by atoms with Crippen LogP contribution in [0.2, 0.25) is 0 Å². The summed E-state index contributed by atoms with van der Waals surface area (Å²) in [5.74, 6) is -0.386. The van der Waals surface area contributed by atoms with Crippen LogP contribution in [0.4, 0.5) is 0 Å². The van der Waals surface area contributed by atoms with Crippen LogP contribution in [0.25, 0.3) is 11.1 Å². The fourth-order valence-corrected chi connectivity index (χ4v) is 1.17. The zero-order chi connectivity index (χ0) is 8.72. The van der Waals surface area contributed by atoms with Crippen molar-refractivity contribution in [2.75, 3.05) is 0 Å². The van der Waals surface area contributed by atoms with Crippen molar-refractivity contribution in [3.63, 3.8) is 0 Å². The van der Waals surface area contributed by atoms with Crippen molar-refractivity contribution in [3.05, 3.63) is 28.7 Å². The molecule has 0 saturated carbocycles. The molecular weight excluding hydrogens is 153 g/mol. The van der Waals surface area contributed by atoms with Gasteiger partial charge in [0.05, 0.1) is 5.52 Å². The SMILES string of the molecule is [B]c1cccc2c1oc(=O)n2C. The summed E-state index contributed by atoms with van der Waals surface area (Å²) in [6, 6.07) is 5.27. The molecule has 0 aliphatic carbocycles. The molecule has 4 heteroatoms. The van der Waals surface area contributed by atoms with Crippen LogP contribution in [0.5, 0.6) is 0 Å². The quantitative estimate of drug-likeness (QED) is 0.504. The number of aryl methyl sites for hydroxylation is 1. The van der Waals surface area contributed by atoms with Gasteiger partial charge < -0.3 is 4.42 Å². The Labute approximate surface area is 70.0 Å². The van der Waals surface area contributed by atoms with Crippen LogP contribution >= 0.6 is 0 Å². The van der Waals surface area contributed by atoms with E-state index in [0.717, 1.165) is 5.52 Å². The highest BCUT2D eigenvalue weighted by atomic mass is 16.4. The highest BCUT2D eigenvalue weighted by Gasteiger charge is 2.05. The van der Waals surface area contributed by atoms with Gasteiger partial charge in [0, 0.05) is 7.05 Å². The molecule has 0 aliphatic rings. The van der Waals surface area contributed by atoms with Gasteiger partial charge in [-0.1, -0.05) is 17.6 Å². The maximum Gasteiger partial charge on any atom is 0.419 e. The molecule has 1 aromatic heterocycles. The number of benzene rings is 1. The minimum Gasteiger partial charge on any atom is -0.408 e. The number of aromatic nitrogens is 1. The Bertz CT molecular complexity index is 483. The van der Waals surface area contributed by atoms with Crippen molar-refractivity contribution in [2.24, 2.45) is 7.05 Å². The molecule has 0 N–H and O–H groups in total. The molecule has 0 saturated heterocycles. The van der Waals surface area contributed by atoms with Gasteiger partial charge in [-0.05, 0) is 6.07 Å². The Morgan fingerprint density at radius 2 is 2.25 bits per heavy atom. The summed E-state index contributed by atoms with van der Waals surface area (Å²) >= 11 is 0. The molecule has 2 aromatic rings. The average Bonchev–Trinajstić information content (AvgIpc) is 2.32. The number of rotatable bonds is 0. The number of oxazole rings is 1. The van der Waals surface area contributed by atoms with Crippen LogP contribution in [0.1, 0.15) is 0 Å². The summed E-state index contributed by atoms with van der Waals surface area (Å²) in [4.78, 5) is 11.0. The van der Waals surface area contributed by atoms with E-state index in [1.807, 2.05) is 0 Å². The summed E-state index contributed by atoms with van der Waals surface area (Å²) in [5.41, 5.74) is 1.68. The molecule has 0 fully saturated rings. The lowest BCUT2D eigenvalue weighted by Gasteiger charge is -1.92. The van der Waals surface area contributed by atoms with Crippen LogP contribution in [0, 0.1) is 0 Å². The van der Waals surface area contributed by atoms with Gasteiger partial charge in [-0.2, -0.15) is 0 Å². The third-order valence-electron chi connectivity index (χ3n) is 1.85. The van der Waals surface area contributed by atoms with E-state index < -0.39 is 0 Å². The van der Waals surface area contributed by atoms with Crippen LogP contribution in [0.15, 0.2) is 27.4 Å². The average molecular weight is 159 g/mol. The maximum atomic E-state index is 11.0. The van der Waals surface area contributed by atoms with Gasteiger partial charge in [0.15, 0.2) is 0 Å². The van der Waals surface area contributed by atoms with E-state index >= 15 is 0 Å². The molecule has 3 nitrogen and oxygen atoms in total. The first-order valence-corrected chi connectivity index (χ1v) is 3.54. The largest absolute Gasteiger partial charge is 0.419 e. The van der Waals surface area contributed by atoms with Gasteiger partial charge in [0.25, 0.3) is 0 Å². The van der Waals surface area contributed by atoms with Crippen molar-refractivity contribution in [1.29, 1.82) is 0 Å². The molecule has 12 heavy (non-hydrogen) atoms. The highest BCUT2D eigenvalue weighted by molar-refractivity contribution is 6.37. The first kappa shape index (κ1) is 7.22. The summed E-state index contributed by atoms with van der Waals surface area (Å²) < 4.78 is 6.33. The third-order valence-corrected chi connectivity index (χ3v) is 1.85. The van der Waals surface area contributed by atoms with Crippen molar-refractivity contribution in [1.82, 2.24) is 4.57 Å². The second-order valence-electron chi connectivity index (χ2n) is 2.62. The Morgan fingerprint density at radius 1 is 1.50 bits per heavy atom. The van der Waals surface area contributed by atoms with Crippen LogP contribution < -0.4 is 11.2 Å². The molecule has 2 radical (unpaired) electrons. The second-order valence-corrected chi connectivity index (χ2v) is 2.62. The van der Waals surface area contributed by atoms with Crippen LogP contribution in [0.3, 0.4) is 0 Å². The van der Waals surface area contributed by atoms with E-state index in [1.165, 1.54) is 4.57 Å². The standard InChI is InChI=1S/C8H6BNO2/c1-10-6-4-2-3-5(9)7(6)12-8(10)11/h2-4H,1H3. The van der Waals surface area contributed by atoms with Crippen molar-refractivity contribution in [2.45, 2.75) is 0 Å². The van der Waals surface area contributed by atoms with Crippen LogP contribution in [-0.4, -0.2) is 12.4 Å². The summed E-state index contributed by atoms with van der Waals surface area (Å²) in [5, 5.41) is 0. The van der Waals surface area contributed by atoms with Gasteiger partial charge in [-0.3, -0.25) is 4.57 Å². The Kier molecular flexibility index (Phi) is 1.36. The molecular formula is C8H6BNO2. The molecule has 0 spiro atoms. The van der Waals surface area contributed by atoms with Gasteiger partial charge in [-0.15, -0.1) is 0 Å². The number of para-hydroxylation sites is 1. The summed E-state index contributed by atoms with van der Waals surface area (Å²) in [6.45, 7) is 0. The Balaban J connectivity index is 3.05. The number of hydrogen-bond donors (Lipinski definition) is 0. The topological polar surface area (TPSA) is 35.1 Å². The minimum absolute atomic E-state index is 0.386. The number of fused-ring (bicyclic) bond motifs is 1. The van der Waals surface area contributed by atoms with Gasteiger partial charge in [0.2, 0.25) is 0 Å². The molecule has 0 amide bonds. The Hall–Kier alpha value is -1.45. The molecule has 0 bridgehead atoms. The lowest BCUT2D eigenvalue weighted by atomic mass is 9.95. The predicted octanol–water partition coefficient (Wildman–Crippen LogP) is -0.0747. The molecule has 1 heterocycles. The lowest BCUT2D eigenvalue weighted by molar-refractivity contribution is 0.529. The number of nitrogens with zero attached hydrogens (tertiary/aromatic N) is 1. The first-order chi connectivity index (χ1) is 5.70. The van der Waals surface area contributed by atoms with Gasteiger partial charge in [-0.25, -0.2) is 4.79 Å². The Morgan fingerprint density at radius 3 is 2.92 bits per heavy atom. The smallest absolute Gasteiger partial charge is 0.408 e. The second kappa shape index (κ2) is 2.27. The highest BCUT2D eigenvalue weighted by Crippen LogP contribution is 2.06. The fraction of sp³-hybridized carbons (Fsp3) is 0.125. The summed E-state index contributed by atoms with van der Waals surface area (Å²) in [6.07, 6.45) is 0. The van der Waals surface area contributed by atoms with E-state index in [0.29, 0.717) is 11.0 Å². The van der Waals surface area contributed by atoms with Gasteiger partial charge in [0.1, 0.15) is 13.4 Å². The monoisotopic (exact) mass is 159 g/mol. The van der Waals surface area contributed by atoms with Crippen molar-refractivity contribution in [3.8, 4) is 0 Å². The maximum absolute atomic E-state index is 11.0. The fourth-order valence-electron chi connectivity index (χ4n) is 1.17. The molecule has 1 aromatic carbocycles. The first-order valence-electron chi connectivity index (χ1n) is 3.54. The zero-order valence-corrected chi connectivity index (χ0v) is 6.57. The minimum atomic E-state index is -0.386. The number of hydrogen-bond acceptors (Lipinski definition) is 2. The molecule has 0 unspecified atom stereocenters. The van der Waals surface area contributed by atoms with E-state index in [-0.39, 0.29) is 5.76 Å². The lowest BCUT2D eigenvalue weighted by Crippen LogP contribution is -2.08. The molecule has 0 aliphatic heterocycles. The zero-order valence-electron chi connectivity index (χ0n) is 6.57. The van der Waals surface area contributed by atoms with E-state index in [9.17, 15) is 4.79 Å². The van der Waals surface area contributed by atoms with Crippen molar-refractivity contribution >= 4 is 24.4 Å². The van der Waals surface area contributed by atoms with Gasteiger partial charge >= 0.3 is 5.76 Å².